The number of hydrogen-bond acceptors (Lipinski definition) is 2. The minimum Gasteiger partial charge on any atom is -0.444 e. The van der Waals surface area contributed by atoms with Gasteiger partial charge in [-0.3, -0.25) is 0 Å². The molecule has 1 rings (SSSR count). The SMILES string of the molecule is CCCCCCCCCCC1CCCN1C(=O)OC(C)(C)C. The van der Waals surface area contributed by atoms with Crippen LogP contribution in [0.5, 0.6) is 0 Å². The summed E-state index contributed by atoms with van der Waals surface area (Å²) in [6.45, 7) is 8.95. The Morgan fingerprint density at radius 3 is 2.23 bits per heavy atom. The van der Waals surface area contributed by atoms with E-state index in [-0.39, 0.29) is 11.7 Å². The normalized spacial score (nSPS) is 18.7. The fraction of sp³-hybridized carbons (Fsp3) is 0.947. The molecule has 0 N–H and O–H groups in total. The molecule has 0 aliphatic carbocycles. The van der Waals surface area contributed by atoms with Crippen LogP contribution in [0.25, 0.3) is 0 Å². The highest BCUT2D eigenvalue weighted by atomic mass is 16.6. The highest BCUT2D eigenvalue weighted by Crippen LogP contribution is 2.25. The van der Waals surface area contributed by atoms with E-state index >= 15 is 0 Å². The average molecular weight is 312 g/mol. The van der Waals surface area contributed by atoms with Crippen LogP contribution < -0.4 is 0 Å². The Hall–Kier alpha value is -0.730. The van der Waals surface area contributed by atoms with E-state index in [1.54, 1.807) is 0 Å². The number of carbonyl (C=O) groups is 1. The van der Waals surface area contributed by atoms with Crippen molar-refractivity contribution in [2.24, 2.45) is 0 Å². The molecule has 1 aliphatic heterocycles. The van der Waals surface area contributed by atoms with Crippen molar-refractivity contribution in [3.8, 4) is 0 Å². The molecule has 1 heterocycles. The first-order valence-corrected chi connectivity index (χ1v) is 9.43. The lowest BCUT2D eigenvalue weighted by atomic mass is 10.0. The molecule has 0 spiro atoms. The van der Waals surface area contributed by atoms with Crippen molar-refractivity contribution in [2.75, 3.05) is 6.54 Å². The van der Waals surface area contributed by atoms with Gasteiger partial charge in [-0.25, -0.2) is 4.79 Å². The summed E-state index contributed by atoms with van der Waals surface area (Å²) in [5.41, 5.74) is -0.386. The number of unbranched alkanes of at least 4 members (excludes halogenated alkanes) is 7. The molecule has 3 heteroatoms. The Labute approximate surface area is 137 Å². The van der Waals surface area contributed by atoms with E-state index in [0.29, 0.717) is 6.04 Å². The van der Waals surface area contributed by atoms with E-state index in [9.17, 15) is 4.79 Å². The minimum absolute atomic E-state index is 0.116. The summed E-state index contributed by atoms with van der Waals surface area (Å²) in [5, 5.41) is 0. The Kier molecular flexibility index (Phi) is 8.89. The summed E-state index contributed by atoms with van der Waals surface area (Å²) < 4.78 is 5.52. The Bertz CT molecular complexity index is 309. The second kappa shape index (κ2) is 10.1. The molecule has 0 aromatic carbocycles. The fourth-order valence-corrected chi connectivity index (χ4v) is 3.21. The number of nitrogens with zero attached hydrogens (tertiary/aromatic N) is 1. The van der Waals surface area contributed by atoms with Crippen LogP contribution in [0.15, 0.2) is 0 Å². The molecule has 0 aromatic rings. The molecule has 130 valence electrons. The predicted octanol–water partition coefficient (Wildman–Crippen LogP) is 5.92. The molecule has 1 atom stereocenters. The smallest absolute Gasteiger partial charge is 0.410 e. The van der Waals surface area contributed by atoms with E-state index in [4.69, 9.17) is 4.74 Å². The van der Waals surface area contributed by atoms with Crippen LogP contribution in [0.3, 0.4) is 0 Å². The van der Waals surface area contributed by atoms with Gasteiger partial charge >= 0.3 is 6.09 Å². The highest BCUT2D eigenvalue weighted by molar-refractivity contribution is 5.68. The molecule has 0 saturated carbocycles. The zero-order valence-electron chi connectivity index (χ0n) is 15.3. The third-order valence-electron chi connectivity index (χ3n) is 4.40. The van der Waals surface area contributed by atoms with Gasteiger partial charge in [0, 0.05) is 12.6 Å². The molecular formula is C19H37NO2. The van der Waals surface area contributed by atoms with Gasteiger partial charge in [-0.2, -0.15) is 0 Å². The van der Waals surface area contributed by atoms with Gasteiger partial charge in [0.15, 0.2) is 0 Å². The molecular weight excluding hydrogens is 274 g/mol. The van der Waals surface area contributed by atoms with Crippen LogP contribution in [-0.2, 0) is 4.74 Å². The maximum Gasteiger partial charge on any atom is 0.410 e. The third kappa shape index (κ3) is 8.05. The maximum atomic E-state index is 12.2. The molecule has 1 aliphatic rings. The second-order valence-electron chi connectivity index (χ2n) is 7.73. The van der Waals surface area contributed by atoms with Crippen molar-refractivity contribution in [1.29, 1.82) is 0 Å². The zero-order chi connectivity index (χ0) is 16.4. The lowest BCUT2D eigenvalue weighted by Crippen LogP contribution is -2.39. The van der Waals surface area contributed by atoms with Gasteiger partial charge in [-0.1, -0.05) is 58.3 Å². The van der Waals surface area contributed by atoms with Crippen LogP contribution >= 0.6 is 0 Å². The van der Waals surface area contributed by atoms with Gasteiger partial charge < -0.3 is 9.64 Å². The maximum absolute atomic E-state index is 12.2. The first kappa shape index (κ1) is 19.3. The molecule has 1 saturated heterocycles. The van der Waals surface area contributed by atoms with E-state index in [0.717, 1.165) is 25.8 Å². The van der Waals surface area contributed by atoms with Gasteiger partial charge in [0.2, 0.25) is 0 Å². The standard InChI is InChI=1S/C19H37NO2/c1-5-6-7-8-9-10-11-12-14-17-15-13-16-20(17)18(21)22-19(2,3)4/h17H,5-16H2,1-4H3. The van der Waals surface area contributed by atoms with Crippen molar-refractivity contribution in [1.82, 2.24) is 4.90 Å². The van der Waals surface area contributed by atoms with Gasteiger partial charge in [-0.05, 0) is 40.0 Å². The Morgan fingerprint density at radius 1 is 1.05 bits per heavy atom. The summed E-state index contributed by atoms with van der Waals surface area (Å²) in [5.74, 6) is 0. The lowest BCUT2D eigenvalue weighted by molar-refractivity contribution is 0.0218. The largest absolute Gasteiger partial charge is 0.444 e. The molecule has 3 nitrogen and oxygen atoms in total. The summed E-state index contributed by atoms with van der Waals surface area (Å²) >= 11 is 0. The van der Waals surface area contributed by atoms with Gasteiger partial charge in [0.1, 0.15) is 5.60 Å². The predicted molar refractivity (Wildman–Crippen MR) is 93.2 cm³/mol. The first-order chi connectivity index (χ1) is 10.4. The second-order valence-corrected chi connectivity index (χ2v) is 7.73. The Balaban J connectivity index is 2.15. The van der Waals surface area contributed by atoms with Gasteiger partial charge in [0.05, 0.1) is 0 Å². The minimum atomic E-state index is -0.386. The van der Waals surface area contributed by atoms with Crippen molar-refractivity contribution in [3.05, 3.63) is 0 Å². The highest BCUT2D eigenvalue weighted by Gasteiger charge is 2.31. The fourth-order valence-electron chi connectivity index (χ4n) is 3.21. The molecule has 0 bridgehead atoms. The van der Waals surface area contributed by atoms with Crippen LogP contribution in [0.1, 0.15) is 98.3 Å². The first-order valence-electron chi connectivity index (χ1n) is 9.43. The molecule has 0 aromatic heterocycles. The summed E-state index contributed by atoms with van der Waals surface area (Å²) in [6.07, 6.45) is 14.1. The van der Waals surface area contributed by atoms with E-state index < -0.39 is 0 Å². The molecule has 1 fully saturated rings. The van der Waals surface area contributed by atoms with Crippen molar-refractivity contribution < 1.29 is 9.53 Å². The Morgan fingerprint density at radius 2 is 1.64 bits per heavy atom. The summed E-state index contributed by atoms with van der Waals surface area (Å²) in [4.78, 5) is 14.2. The number of likely N-dealkylation sites (tertiary alicyclic amines) is 1. The zero-order valence-corrected chi connectivity index (χ0v) is 15.3. The molecule has 1 unspecified atom stereocenters. The van der Waals surface area contributed by atoms with Gasteiger partial charge in [0.25, 0.3) is 0 Å². The number of carbonyl (C=O) groups excluding carboxylic acids is 1. The average Bonchev–Trinajstić information content (AvgIpc) is 2.88. The lowest BCUT2D eigenvalue weighted by Gasteiger charge is -2.28. The number of rotatable bonds is 9. The number of amides is 1. The van der Waals surface area contributed by atoms with Crippen LogP contribution in [0, 0.1) is 0 Å². The number of ether oxygens (including phenoxy) is 1. The van der Waals surface area contributed by atoms with Gasteiger partial charge in [-0.15, -0.1) is 0 Å². The monoisotopic (exact) mass is 311 g/mol. The van der Waals surface area contributed by atoms with Crippen molar-refractivity contribution >= 4 is 6.09 Å². The third-order valence-corrected chi connectivity index (χ3v) is 4.40. The molecule has 22 heavy (non-hydrogen) atoms. The van der Waals surface area contributed by atoms with Crippen LogP contribution in [0.2, 0.25) is 0 Å². The molecule has 0 radical (unpaired) electrons. The van der Waals surface area contributed by atoms with Crippen LogP contribution in [-0.4, -0.2) is 29.2 Å². The number of hydrogen-bond donors (Lipinski definition) is 0. The summed E-state index contributed by atoms with van der Waals surface area (Å²) in [6, 6.07) is 0.412. The quantitative estimate of drug-likeness (QED) is 0.495. The topological polar surface area (TPSA) is 29.5 Å². The van der Waals surface area contributed by atoms with Crippen molar-refractivity contribution in [3.63, 3.8) is 0 Å². The van der Waals surface area contributed by atoms with E-state index in [1.165, 1.54) is 51.4 Å². The van der Waals surface area contributed by atoms with E-state index in [1.807, 2.05) is 25.7 Å². The van der Waals surface area contributed by atoms with Crippen molar-refractivity contribution in [2.45, 2.75) is 110 Å². The van der Waals surface area contributed by atoms with Crippen LogP contribution in [0.4, 0.5) is 4.79 Å². The summed E-state index contributed by atoms with van der Waals surface area (Å²) in [7, 11) is 0. The molecule has 1 amide bonds. The van der Waals surface area contributed by atoms with E-state index in [2.05, 4.69) is 6.92 Å².